The van der Waals surface area contributed by atoms with Crippen molar-refractivity contribution in [2.75, 3.05) is 6.54 Å². The molecule has 0 aliphatic heterocycles. The topological polar surface area (TPSA) is 49.4 Å². The van der Waals surface area contributed by atoms with Gasteiger partial charge < -0.3 is 10.2 Å². The first-order valence-electron chi connectivity index (χ1n) is 11.6. The van der Waals surface area contributed by atoms with Gasteiger partial charge >= 0.3 is 0 Å². The first-order chi connectivity index (χ1) is 16.5. The van der Waals surface area contributed by atoms with Crippen molar-refractivity contribution in [3.8, 4) is 0 Å². The zero-order chi connectivity index (χ0) is 24.3. The van der Waals surface area contributed by atoms with Crippen LogP contribution in [0.2, 0.25) is 5.02 Å². The molecule has 0 fully saturated rings. The number of rotatable bonds is 11. The van der Waals surface area contributed by atoms with E-state index >= 15 is 0 Å². The predicted molar refractivity (Wildman–Crippen MR) is 142 cm³/mol. The normalized spacial score (nSPS) is 11.6. The Bertz CT molecular complexity index is 1070. The molecule has 0 bridgehead atoms. The first-order valence-corrected chi connectivity index (χ1v) is 12.7. The second kappa shape index (κ2) is 13.3. The summed E-state index contributed by atoms with van der Waals surface area (Å²) < 4.78 is 0.967. The van der Waals surface area contributed by atoms with Crippen molar-refractivity contribution >= 4 is 39.3 Å². The Morgan fingerprint density at radius 3 is 2.29 bits per heavy atom. The fourth-order valence-electron chi connectivity index (χ4n) is 3.79. The fraction of sp³-hybridized carbons (Fsp3) is 0.286. The summed E-state index contributed by atoms with van der Waals surface area (Å²) in [5, 5.41) is 3.65. The summed E-state index contributed by atoms with van der Waals surface area (Å²) in [6, 6.07) is 24.6. The van der Waals surface area contributed by atoms with E-state index in [1.54, 1.807) is 4.90 Å². The molecule has 3 aromatic rings. The maximum atomic E-state index is 13.6. The van der Waals surface area contributed by atoms with Crippen LogP contribution < -0.4 is 5.32 Å². The molecule has 34 heavy (non-hydrogen) atoms. The highest BCUT2D eigenvalue weighted by Crippen LogP contribution is 2.20. The van der Waals surface area contributed by atoms with Crippen molar-refractivity contribution in [2.24, 2.45) is 0 Å². The molecular weight excluding hydrogens is 512 g/mol. The van der Waals surface area contributed by atoms with Crippen molar-refractivity contribution in [2.45, 2.75) is 45.2 Å². The van der Waals surface area contributed by atoms with Crippen molar-refractivity contribution in [3.63, 3.8) is 0 Å². The van der Waals surface area contributed by atoms with Gasteiger partial charge in [-0.05, 0) is 47.7 Å². The fourth-order valence-corrected chi connectivity index (χ4v) is 4.29. The van der Waals surface area contributed by atoms with Crippen LogP contribution >= 0.6 is 27.5 Å². The molecule has 0 aliphatic rings. The van der Waals surface area contributed by atoms with Gasteiger partial charge in [0, 0.05) is 35.4 Å². The zero-order valence-electron chi connectivity index (χ0n) is 19.3. The summed E-state index contributed by atoms with van der Waals surface area (Å²) in [6.45, 7) is 2.94. The lowest BCUT2D eigenvalue weighted by atomic mass is 10.0. The Morgan fingerprint density at radius 2 is 1.62 bits per heavy atom. The third kappa shape index (κ3) is 7.71. The summed E-state index contributed by atoms with van der Waals surface area (Å²) in [5.41, 5.74) is 2.91. The summed E-state index contributed by atoms with van der Waals surface area (Å²) in [5.74, 6) is -0.204. The molecule has 0 spiro atoms. The van der Waals surface area contributed by atoms with E-state index in [9.17, 15) is 9.59 Å². The molecule has 0 radical (unpaired) electrons. The molecule has 178 valence electrons. The highest BCUT2D eigenvalue weighted by Gasteiger charge is 2.30. The second-order valence-corrected chi connectivity index (χ2v) is 9.56. The average molecular weight is 542 g/mol. The Hall–Kier alpha value is -2.63. The number of carbonyl (C=O) groups excluding carboxylic acids is 2. The van der Waals surface area contributed by atoms with Crippen LogP contribution in [-0.4, -0.2) is 29.3 Å². The van der Waals surface area contributed by atoms with E-state index in [1.165, 1.54) is 0 Å². The van der Waals surface area contributed by atoms with Crippen LogP contribution in [0.4, 0.5) is 0 Å². The quantitative estimate of drug-likeness (QED) is 0.314. The Balaban J connectivity index is 1.89. The van der Waals surface area contributed by atoms with Crippen LogP contribution in [0.15, 0.2) is 83.3 Å². The van der Waals surface area contributed by atoms with E-state index in [2.05, 4.69) is 21.2 Å². The molecule has 0 heterocycles. The van der Waals surface area contributed by atoms with E-state index in [0.29, 0.717) is 31.0 Å². The molecule has 6 heteroatoms. The number of halogens is 2. The Morgan fingerprint density at radius 1 is 0.941 bits per heavy atom. The van der Waals surface area contributed by atoms with Gasteiger partial charge in [0.1, 0.15) is 6.04 Å². The SMILES string of the molecule is CCCNC(=O)C(Cc1ccccc1)N(Cc1ccc(Br)cc1)C(=O)CCc1ccccc1Cl. The van der Waals surface area contributed by atoms with Gasteiger partial charge in [0.05, 0.1) is 0 Å². The molecular formula is C28H30BrClN2O2. The van der Waals surface area contributed by atoms with Crippen molar-refractivity contribution < 1.29 is 9.59 Å². The monoisotopic (exact) mass is 540 g/mol. The molecule has 0 saturated heterocycles. The Kier molecular flexibility index (Phi) is 10.2. The second-order valence-electron chi connectivity index (χ2n) is 8.24. The van der Waals surface area contributed by atoms with E-state index in [0.717, 1.165) is 27.6 Å². The van der Waals surface area contributed by atoms with Crippen LogP contribution in [0.25, 0.3) is 0 Å². The van der Waals surface area contributed by atoms with Gasteiger partial charge in [-0.25, -0.2) is 0 Å². The summed E-state index contributed by atoms with van der Waals surface area (Å²) in [7, 11) is 0. The molecule has 1 unspecified atom stereocenters. The predicted octanol–water partition coefficient (Wildman–Crippen LogP) is 6.20. The maximum absolute atomic E-state index is 13.6. The van der Waals surface area contributed by atoms with Crippen molar-refractivity contribution in [3.05, 3.63) is 105 Å². The molecule has 4 nitrogen and oxygen atoms in total. The molecule has 0 aliphatic carbocycles. The third-order valence-electron chi connectivity index (χ3n) is 5.65. The molecule has 1 atom stereocenters. The number of hydrogen-bond donors (Lipinski definition) is 1. The number of amides is 2. The summed E-state index contributed by atoms with van der Waals surface area (Å²) in [6.07, 6.45) is 2.07. The summed E-state index contributed by atoms with van der Waals surface area (Å²) in [4.78, 5) is 28.6. The first kappa shape index (κ1) is 26.0. The van der Waals surface area contributed by atoms with Gasteiger partial charge in [0.2, 0.25) is 11.8 Å². The van der Waals surface area contributed by atoms with Gasteiger partial charge in [-0.3, -0.25) is 9.59 Å². The maximum Gasteiger partial charge on any atom is 0.243 e. The van der Waals surface area contributed by atoms with Crippen molar-refractivity contribution in [1.29, 1.82) is 0 Å². The summed E-state index contributed by atoms with van der Waals surface area (Å²) >= 11 is 9.78. The van der Waals surface area contributed by atoms with Crippen LogP contribution in [0.1, 0.15) is 36.5 Å². The van der Waals surface area contributed by atoms with Gasteiger partial charge in [0.15, 0.2) is 0 Å². The Labute approximate surface area is 215 Å². The minimum absolute atomic E-state index is 0.0737. The lowest BCUT2D eigenvalue weighted by Crippen LogP contribution is -2.50. The molecule has 1 N–H and O–H groups in total. The van der Waals surface area contributed by atoms with Gasteiger partial charge in [-0.1, -0.05) is 95.1 Å². The third-order valence-corrected chi connectivity index (χ3v) is 6.55. The van der Waals surface area contributed by atoms with Gasteiger partial charge in [0.25, 0.3) is 0 Å². The van der Waals surface area contributed by atoms with Gasteiger partial charge in [-0.15, -0.1) is 0 Å². The zero-order valence-corrected chi connectivity index (χ0v) is 21.7. The molecule has 3 rings (SSSR count). The molecule has 2 amide bonds. The van der Waals surface area contributed by atoms with E-state index in [4.69, 9.17) is 11.6 Å². The lowest BCUT2D eigenvalue weighted by Gasteiger charge is -2.31. The van der Waals surface area contributed by atoms with Gasteiger partial charge in [-0.2, -0.15) is 0 Å². The highest BCUT2D eigenvalue weighted by molar-refractivity contribution is 9.10. The van der Waals surface area contributed by atoms with E-state index in [1.807, 2.05) is 85.8 Å². The van der Waals surface area contributed by atoms with Crippen LogP contribution in [-0.2, 0) is 29.0 Å². The number of aryl methyl sites for hydroxylation is 1. The van der Waals surface area contributed by atoms with Crippen LogP contribution in [0.3, 0.4) is 0 Å². The van der Waals surface area contributed by atoms with Crippen molar-refractivity contribution in [1.82, 2.24) is 10.2 Å². The molecule has 0 saturated carbocycles. The number of hydrogen-bond acceptors (Lipinski definition) is 2. The highest BCUT2D eigenvalue weighted by atomic mass is 79.9. The largest absolute Gasteiger partial charge is 0.354 e. The lowest BCUT2D eigenvalue weighted by molar-refractivity contribution is -0.141. The van der Waals surface area contributed by atoms with E-state index in [-0.39, 0.29) is 18.2 Å². The minimum atomic E-state index is -0.614. The number of benzene rings is 3. The average Bonchev–Trinajstić information content (AvgIpc) is 2.85. The standard InChI is InChI=1S/C28H30BrClN2O2/c1-2-18-31-28(34)26(19-21-8-4-3-5-9-21)32(20-22-12-15-24(29)16-13-22)27(33)17-14-23-10-6-7-11-25(23)30/h3-13,15-16,26H,2,14,17-20H2,1H3,(H,31,34). The number of nitrogens with zero attached hydrogens (tertiary/aromatic N) is 1. The van der Waals surface area contributed by atoms with Crippen LogP contribution in [0, 0.1) is 0 Å². The number of carbonyl (C=O) groups is 2. The molecule has 0 aromatic heterocycles. The van der Waals surface area contributed by atoms with E-state index < -0.39 is 6.04 Å². The van der Waals surface area contributed by atoms with Crippen LogP contribution in [0.5, 0.6) is 0 Å². The smallest absolute Gasteiger partial charge is 0.243 e. The molecule has 3 aromatic carbocycles. The minimum Gasteiger partial charge on any atom is -0.354 e. The number of nitrogens with one attached hydrogen (secondary N) is 1.